The van der Waals surface area contributed by atoms with E-state index in [-0.39, 0.29) is 50.0 Å². The fourth-order valence-electron chi connectivity index (χ4n) is 8.30. The number of hydrogen-bond donors (Lipinski definition) is 12. The Balaban J connectivity index is 0.000000977. The summed E-state index contributed by atoms with van der Waals surface area (Å²) in [5.41, 5.74) is 13.3. The highest BCUT2D eigenvalue weighted by Gasteiger charge is 2.44. The molecule has 20 atom stereocenters. The van der Waals surface area contributed by atoms with Crippen LogP contribution >= 0.6 is 0 Å². The third-order valence-corrected chi connectivity index (χ3v) is 14.3. The number of carbonyl (C=O) groups is 3. The number of aromatic nitrogens is 3. The lowest BCUT2D eigenvalue weighted by Crippen LogP contribution is -2.59. The maximum Gasteiger partial charge on any atom is 0.184 e. The first-order chi connectivity index (χ1) is 37.3. The summed E-state index contributed by atoms with van der Waals surface area (Å²) in [6.07, 6.45) is 7.93. The number of rotatable bonds is 19. The molecule has 4 unspecified atom stereocenters. The highest BCUT2D eigenvalue weighted by atomic mass is 16.6. The lowest BCUT2D eigenvalue weighted by molar-refractivity contribution is -0.280. The molecule has 0 radical (unpaired) electrons. The van der Waals surface area contributed by atoms with Gasteiger partial charge in [0.1, 0.15) is 73.5 Å². The summed E-state index contributed by atoms with van der Waals surface area (Å²) in [6.45, 7) is 24.5. The molecule has 4 saturated heterocycles. The van der Waals surface area contributed by atoms with E-state index < -0.39 is 61.4 Å². The molecular weight excluding hydrogens is 1030 g/mol. The summed E-state index contributed by atoms with van der Waals surface area (Å²) in [6, 6.07) is 0. The van der Waals surface area contributed by atoms with Gasteiger partial charge in [-0.3, -0.25) is 9.59 Å². The number of ether oxygens (including phenoxy) is 4. The zero-order chi connectivity index (χ0) is 60.4. The average molecular weight is 1120 g/mol. The molecule has 0 saturated carbocycles. The van der Waals surface area contributed by atoms with Gasteiger partial charge < -0.3 is 86.3 Å². The monoisotopic (exact) mass is 1120 g/mol. The van der Waals surface area contributed by atoms with Crippen LogP contribution in [0.2, 0.25) is 0 Å². The molecule has 450 valence electrons. The normalized spacial score (nSPS) is 33.5. The van der Waals surface area contributed by atoms with Crippen LogP contribution in [0.5, 0.6) is 0 Å². The van der Waals surface area contributed by atoms with Crippen molar-refractivity contribution in [3.8, 4) is 37.0 Å². The van der Waals surface area contributed by atoms with Gasteiger partial charge in [-0.25, -0.2) is 4.68 Å². The summed E-state index contributed by atoms with van der Waals surface area (Å²) in [5.74, 6) is 10.8. The van der Waals surface area contributed by atoms with Crippen molar-refractivity contribution in [3.63, 3.8) is 0 Å². The predicted molar refractivity (Wildman–Crippen MR) is 295 cm³/mol. The molecule has 1 aromatic rings. The first kappa shape index (κ1) is 74.5. The van der Waals surface area contributed by atoms with Crippen molar-refractivity contribution in [2.45, 2.75) is 187 Å². The number of azide groups is 1. The number of nitrogens with zero attached hydrogens (tertiary/aromatic N) is 6. The van der Waals surface area contributed by atoms with Gasteiger partial charge in [-0.2, -0.15) is 0 Å². The third kappa shape index (κ3) is 28.2. The Kier molecular flexibility index (Phi) is 39.1. The summed E-state index contributed by atoms with van der Waals surface area (Å²) < 4.78 is 23.1. The second-order valence-corrected chi connectivity index (χ2v) is 20.3. The van der Waals surface area contributed by atoms with Crippen molar-refractivity contribution in [1.29, 1.82) is 0 Å². The second kappa shape index (κ2) is 41.5. The molecular formula is C54H94N10O15. The number of ketones is 2. The van der Waals surface area contributed by atoms with E-state index in [2.05, 4.69) is 103 Å². The average Bonchev–Trinajstić information content (AvgIpc) is 3.87. The molecule has 25 heteroatoms. The molecule has 0 amide bonds. The Morgan fingerprint density at radius 2 is 1.11 bits per heavy atom. The van der Waals surface area contributed by atoms with Crippen molar-refractivity contribution in [3.05, 3.63) is 22.3 Å². The molecule has 0 spiro atoms. The summed E-state index contributed by atoms with van der Waals surface area (Å²) in [5, 5.41) is 95.6. The minimum absolute atomic E-state index is 0.0117. The highest BCUT2D eigenvalue weighted by Crippen LogP contribution is 2.35. The molecule has 25 nitrogen and oxygen atoms in total. The van der Waals surface area contributed by atoms with Crippen LogP contribution in [0.3, 0.4) is 0 Å². The Labute approximate surface area is 467 Å². The van der Waals surface area contributed by atoms with Gasteiger partial charge in [0, 0.05) is 82.6 Å². The predicted octanol–water partition coefficient (Wildman–Crippen LogP) is -0.772. The van der Waals surface area contributed by atoms with Crippen molar-refractivity contribution >= 4 is 17.9 Å². The van der Waals surface area contributed by atoms with E-state index in [1.165, 1.54) is 18.5 Å². The molecule has 79 heavy (non-hydrogen) atoms. The topological polar surface area (TPSA) is 392 Å². The van der Waals surface area contributed by atoms with Gasteiger partial charge in [0.05, 0.1) is 30.6 Å². The van der Waals surface area contributed by atoms with Crippen molar-refractivity contribution < 1.29 is 74.2 Å². The van der Waals surface area contributed by atoms with Gasteiger partial charge in [0.15, 0.2) is 18.4 Å². The summed E-state index contributed by atoms with van der Waals surface area (Å²) in [4.78, 5) is 33.9. The molecule has 4 fully saturated rings. The molecule has 0 aliphatic carbocycles. The van der Waals surface area contributed by atoms with Gasteiger partial charge >= 0.3 is 0 Å². The lowest BCUT2D eigenvalue weighted by Gasteiger charge is -2.42. The number of nitrogens with two attached hydrogens (primary N) is 1. The molecule has 13 N–H and O–H groups in total. The third-order valence-electron chi connectivity index (χ3n) is 14.3. The number of carbonyl (C=O) groups excluding carboxylic acids is 3. The summed E-state index contributed by atoms with van der Waals surface area (Å²) >= 11 is 0. The lowest BCUT2D eigenvalue weighted by atomic mass is 9.77. The van der Waals surface area contributed by atoms with E-state index in [9.17, 15) is 55.2 Å². The van der Waals surface area contributed by atoms with Gasteiger partial charge in [-0.05, 0) is 68.7 Å². The number of aliphatic hydroxyl groups is 8. The van der Waals surface area contributed by atoms with Crippen LogP contribution in [0.15, 0.2) is 11.3 Å². The quantitative estimate of drug-likeness (QED) is 0.0202. The van der Waals surface area contributed by atoms with E-state index in [0.717, 1.165) is 31.7 Å². The fourth-order valence-corrected chi connectivity index (χ4v) is 8.30. The maximum atomic E-state index is 11.0. The van der Waals surface area contributed by atoms with Crippen molar-refractivity contribution in [1.82, 2.24) is 30.9 Å². The molecule has 4 aliphatic rings. The van der Waals surface area contributed by atoms with E-state index in [1.807, 2.05) is 6.92 Å². The van der Waals surface area contributed by atoms with Crippen LogP contribution in [0.1, 0.15) is 94.2 Å². The van der Waals surface area contributed by atoms with Crippen LogP contribution in [0.25, 0.3) is 10.4 Å². The van der Waals surface area contributed by atoms with Crippen molar-refractivity contribution in [2.24, 2.45) is 46.4 Å². The minimum atomic E-state index is -1.54. The first-order valence-electron chi connectivity index (χ1n) is 26.8. The number of aliphatic hydroxyl groups excluding tert-OH is 8. The van der Waals surface area contributed by atoms with E-state index in [0.29, 0.717) is 86.4 Å². The Bertz CT molecular complexity index is 1980. The molecule has 0 aromatic carbocycles. The van der Waals surface area contributed by atoms with E-state index in [4.69, 9.17) is 49.5 Å². The Morgan fingerprint density at radius 3 is 1.52 bits per heavy atom. The smallest absolute Gasteiger partial charge is 0.184 e. The number of Topliss-reactive ketones (excluding diaryl/α,β-unsaturated/α-hetero) is 2. The number of hydrogen-bond acceptors (Lipinski definition) is 22. The molecule has 0 bridgehead atoms. The zero-order valence-corrected chi connectivity index (χ0v) is 47.8. The van der Waals surface area contributed by atoms with Gasteiger partial charge in [0.25, 0.3) is 0 Å². The standard InChI is InChI=1S/C14H25NO.C13H22N4O6.C10H17NO5.C10H18O2.C4H7N.C3H5N3O/c1-6-7-8-15-9-14-12(4)10(2)11(3)13(5)16-14;1-7(18)5-17-6-8(15-16-17)2-3-14-4-9-10(19)11(20)12(21)13(22)23-9;1-2-3-4-11-5-6-7(12)8(13)9(14)10(15)16-6;1-6-7(2)9(4)12-10(5-11)8(6)3;1-2-3-4-5;1-3(7)2-5-6-4/h1,10-15H,7-9H2,2-5H3;6,9-14,19-22H,2-5H2,1H3;1,6-15H,3-5H2;5-10H,1-4H3;1H,3-5H2;2H2,1H3/t10-,11-,12?,13-,14-;9-,10?,11+,12-,13+;6-,7?,8+,9-,10+;6-,7-,8?,9-,10-;;/m1111../s1. The largest absolute Gasteiger partial charge is 0.388 e. The molecule has 1 aromatic heterocycles. The maximum absolute atomic E-state index is 11.0. The van der Waals surface area contributed by atoms with Crippen LogP contribution in [-0.4, -0.2) is 212 Å². The van der Waals surface area contributed by atoms with E-state index in [1.54, 1.807) is 6.20 Å². The highest BCUT2D eigenvalue weighted by molar-refractivity contribution is 5.77. The second-order valence-electron chi connectivity index (χ2n) is 20.3. The molecule has 4 aliphatic heterocycles. The molecule has 5 rings (SSSR count). The number of terminal acetylenes is 3. The summed E-state index contributed by atoms with van der Waals surface area (Å²) in [7, 11) is 0. The minimum Gasteiger partial charge on any atom is -0.388 e. The van der Waals surface area contributed by atoms with Crippen LogP contribution in [0.4, 0.5) is 0 Å². The van der Waals surface area contributed by atoms with Gasteiger partial charge in [-0.1, -0.05) is 51.9 Å². The molecule has 5 heterocycles. The van der Waals surface area contributed by atoms with Gasteiger partial charge in [-0.15, -0.1) is 42.1 Å². The number of aldehydes is 1. The van der Waals surface area contributed by atoms with Crippen molar-refractivity contribution in [2.75, 3.05) is 52.4 Å². The first-order valence-corrected chi connectivity index (χ1v) is 26.8. The van der Waals surface area contributed by atoms with Crippen LogP contribution < -0.4 is 21.7 Å². The zero-order valence-electron chi connectivity index (χ0n) is 47.8. The fraction of sp³-hybridized carbons (Fsp3) is 0.796. The number of nitrogens with one attached hydrogen (secondary N) is 3. The Morgan fingerprint density at radius 1 is 0.658 bits per heavy atom. The van der Waals surface area contributed by atoms with Crippen LogP contribution in [-0.2, 0) is 46.3 Å². The Hall–Kier alpha value is -4.50. The SMILES string of the molecule is C#CCCN.C#CCCNC[C@H]1O[C@H](C)[C@H](C)[C@@H](C)C1C.C#CCCNC[C@H]1O[C@H](O)[C@H](O)[C@@H](O)C1O.CC(=O)CN=[N+]=[N-].CC(=O)Cn1cc(CCNC[C@H]2O[C@H](O)[C@H](O)[C@@H](O)C2O)nn1.CC1[C@@H](C=O)O[C@H](C)[C@H](C)[C@H]1C. The van der Waals surface area contributed by atoms with Gasteiger partial charge in [0.2, 0.25) is 0 Å². The van der Waals surface area contributed by atoms with Crippen LogP contribution in [0, 0.1) is 72.5 Å². The van der Waals surface area contributed by atoms with E-state index >= 15 is 0 Å².